The van der Waals surface area contributed by atoms with Crippen molar-refractivity contribution in [3.8, 4) is 5.75 Å². The fourth-order valence-electron chi connectivity index (χ4n) is 2.05. The number of ether oxygens (including phenoxy) is 1. The number of aryl methyl sites for hydroxylation is 1. The zero-order valence-corrected chi connectivity index (χ0v) is 13.5. The molecule has 6 nitrogen and oxygen atoms in total. The van der Waals surface area contributed by atoms with Crippen LogP contribution in [0.5, 0.6) is 5.75 Å². The molecule has 2 N–H and O–H groups in total. The standard InChI is InChI=1S/C15H14F4N4O2/c1-7-9(15(17,18)19)6-21-14(22-7)23-11-5-10(16)8(13(24)20-2)4-12(11)25-3/h4-6H,1-3H3,(H,20,24)(H,21,22,23). The van der Waals surface area contributed by atoms with Gasteiger partial charge >= 0.3 is 6.18 Å². The monoisotopic (exact) mass is 358 g/mol. The van der Waals surface area contributed by atoms with Gasteiger partial charge in [0.1, 0.15) is 11.6 Å². The van der Waals surface area contributed by atoms with Gasteiger partial charge in [0.2, 0.25) is 5.95 Å². The van der Waals surface area contributed by atoms with E-state index >= 15 is 0 Å². The minimum atomic E-state index is -4.57. The summed E-state index contributed by atoms with van der Waals surface area (Å²) in [4.78, 5) is 18.9. The van der Waals surface area contributed by atoms with E-state index in [-0.39, 0.29) is 28.6 Å². The molecular formula is C15H14F4N4O2. The Labute approximate surface area is 140 Å². The molecule has 0 aliphatic carbocycles. The molecule has 0 atom stereocenters. The van der Waals surface area contributed by atoms with Crippen LogP contribution in [-0.4, -0.2) is 30.0 Å². The molecule has 0 aliphatic rings. The number of carbonyl (C=O) groups is 1. The number of anilines is 2. The van der Waals surface area contributed by atoms with E-state index in [1.54, 1.807) is 0 Å². The summed E-state index contributed by atoms with van der Waals surface area (Å²) in [6.07, 6.45) is -3.94. The minimum Gasteiger partial charge on any atom is -0.495 e. The van der Waals surface area contributed by atoms with Crippen LogP contribution in [0.3, 0.4) is 0 Å². The predicted molar refractivity (Wildman–Crippen MR) is 81.4 cm³/mol. The van der Waals surface area contributed by atoms with Crippen LogP contribution < -0.4 is 15.4 Å². The largest absolute Gasteiger partial charge is 0.495 e. The van der Waals surface area contributed by atoms with Crippen LogP contribution in [0, 0.1) is 12.7 Å². The van der Waals surface area contributed by atoms with Gasteiger partial charge in [0, 0.05) is 19.3 Å². The molecule has 0 saturated carbocycles. The fraction of sp³-hybridized carbons (Fsp3) is 0.267. The lowest BCUT2D eigenvalue weighted by Crippen LogP contribution is -2.19. The molecule has 0 radical (unpaired) electrons. The fourth-order valence-corrected chi connectivity index (χ4v) is 2.05. The third-order valence-electron chi connectivity index (χ3n) is 3.29. The summed E-state index contributed by atoms with van der Waals surface area (Å²) in [5.74, 6) is -1.56. The first-order chi connectivity index (χ1) is 11.7. The molecule has 2 rings (SSSR count). The van der Waals surface area contributed by atoms with Crippen LogP contribution in [0.2, 0.25) is 0 Å². The summed E-state index contributed by atoms with van der Waals surface area (Å²) in [6.45, 7) is 1.18. The summed E-state index contributed by atoms with van der Waals surface area (Å²) < 4.78 is 57.3. The number of nitrogens with one attached hydrogen (secondary N) is 2. The molecule has 10 heteroatoms. The van der Waals surface area contributed by atoms with Crippen molar-refractivity contribution in [2.75, 3.05) is 19.5 Å². The molecule has 0 saturated heterocycles. The second-order valence-electron chi connectivity index (χ2n) is 4.93. The average molecular weight is 358 g/mol. The van der Waals surface area contributed by atoms with Gasteiger partial charge in [-0.25, -0.2) is 14.4 Å². The smallest absolute Gasteiger partial charge is 0.419 e. The van der Waals surface area contributed by atoms with E-state index in [4.69, 9.17) is 4.74 Å². The summed E-state index contributed by atoms with van der Waals surface area (Å²) in [6, 6.07) is 2.13. The molecule has 1 aromatic heterocycles. The molecule has 25 heavy (non-hydrogen) atoms. The van der Waals surface area contributed by atoms with Gasteiger partial charge in [-0.15, -0.1) is 0 Å². The molecule has 0 aliphatic heterocycles. The van der Waals surface area contributed by atoms with Crippen molar-refractivity contribution >= 4 is 17.5 Å². The number of methoxy groups -OCH3 is 1. The third-order valence-corrected chi connectivity index (χ3v) is 3.29. The van der Waals surface area contributed by atoms with Crippen molar-refractivity contribution in [2.45, 2.75) is 13.1 Å². The van der Waals surface area contributed by atoms with Crippen molar-refractivity contribution in [1.29, 1.82) is 0 Å². The van der Waals surface area contributed by atoms with Gasteiger partial charge in [-0.2, -0.15) is 13.2 Å². The first kappa shape index (κ1) is 18.4. The number of aromatic nitrogens is 2. The van der Waals surface area contributed by atoms with E-state index in [0.29, 0.717) is 6.20 Å². The average Bonchev–Trinajstić information content (AvgIpc) is 2.53. The van der Waals surface area contributed by atoms with Crippen molar-refractivity contribution in [1.82, 2.24) is 15.3 Å². The Kier molecular flexibility index (Phi) is 5.10. The highest BCUT2D eigenvalue weighted by atomic mass is 19.4. The zero-order chi connectivity index (χ0) is 18.8. The Hall–Kier alpha value is -2.91. The molecule has 134 valence electrons. The first-order valence-corrected chi connectivity index (χ1v) is 6.94. The third kappa shape index (κ3) is 3.95. The molecule has 2 aromatic rings. The number of nitrogens with zero attached hydrogens (tertiary/aromatic N) is 2. The van der Waals surface area contributed by atoms with E-state index in [2.05, 4.69) is 20.6 Å². The molecule has 0 fully saturated rings. The van der Waals surface area contributed by atoms with E-state index in [1.807, 2.05) is 0 Å². The lowest BCUT2D eigenvalue weighted by molar-refractivity contribution is -0.138. The number of amides is 1. The maximum absolute atomic E-state index is 14.1. The lowest BCUT2D eigenvalue weighted by atomic mass is 10.1. The van der Waals surface area contributed by atoms with Crippen molar-refractivity contribution in [3.05, 3.63) is 41.0 Å². The van der Waals surface area contributed by atoms with Crippen LogP contribution in [-0.2, 0) is 6.18 Å². The molecule has 1 amide bonds. The number of halogens is 4. The summed E-state index contributed by atoms with van der Waals surface area (Å²) in [7, 11) is 2.64. The van der Waals surface area contributed by atoms with Crippen LogP contribution in [0.4, 0.5) is 29.2 Å². The predicted octanol–water partition coefficient (Wildman–Crippen LogP) is 3.05. The van der Waals surface area contributed by atoms with Crippen molar-refractivity contribution in [3.63, 3.8) is 0 Å². The van der Waals surface area contributed by atoms with Gasteiger partial charge in [-0.3, -0.25) is 4.79 Å². The number of alkyl halides is 3. The molecule has 0 bridgehead atoms. The summed E-state index contributed by atoms with van der Waals surface area (Å²) >= 11 is 0. The maximum atomic E-state index is 14.1. The highest BCUT2D eigenvalue weighted by Gasteiger charge is 2.33. The van der Waals surface area contributed by atoms with Crippen LogP contribution in [0.15, 0.2) is 18.3 Å². The topological polar surface area (TPSA) is 76.1 Å². The minimum absolute atomic E-state index is 0.0619. The summed E-state index contributed by atoms with van der Waals surface area (Å²) in [5.41, 5.74) is -1.43. The molecule has 0 unspecified atom stereocenters. The summed E-state index contributed by atoms with van der Waals surface area (Å²) in [5, 5.41) is 4.87. The number of hydrogen-bond donors (Lipinski definition) is 2. The maximum Gasteiger partial charge on any atom is 0.419 e. The molecule has 1 heterocycles. The Balaban J connectivity index is 2.39. The van der Waals surface area contributed by atoms with E-state index in [1.165, 1.54) is 21.1 Å². The van der Waals surface area contributed by atoms with Crippen LogP contribution in [0.1, 0.15) is 21.6 Å². The normalized spacial score (nSPS) is 11.2. The number of benzene rings is 1. The van der Waals surface area contributed by atoms with Gasteiger partial charge in [-0.05, 0) is 13.0 Å². The number of hydrogen-bond acceptors (Lipinski definition) is 5. The van der Waals surface area contributed by atoms with Gasteiger partial charge in [0.05, 0.1) is 29.6 Å². The number of rotatable bonds is 4. The van der Waals surface area contributed by atoms with Gasteiger partial charge in [-0.1, -0.05) is 0 Å². The first-order valence-electron chi connectivity index (χ1n) is 6.94. The van der Waals surface area contributed by atoms with E-state index in [0.717, 1.165) is 12.1 Å². The highest BCUT2D eigenvalue weighted by molar-refractivity contribution is 5.95. The Morgan fingerprint density at radius 3 is 2.48 bits per heavy atom. The second-order valence-corrected chi connectivity index (χ2v) is 4.93. The van der Waals surface area contributed by atoms with Crippen LogP contribution >= 0.6 is 0 Å². The Morgan fingerprint density at radius 2 is 1.96 bits per heavy atom. The lowest BCUT2D eigenvalue weighted by Gasteiger charge is -2.14. The Bertz CT molecular complexity index is 809. The van der Waals surface area contributed by atoms with Gasteiger partial charge < -0.3 is 15.4 Å². The SMILES string of the molecule is CNC(=O)c1cc(OC)c(Nc2ncc(C(F)(F)F)c(C)n2)cc1F. The molecule has 0 spiro atoms. The highest BCUT2D eigenvalue weighted by Crippen LogP contribution is 2.33. The van der Waals surface area contributed by atoms with Crippen molar-refractivity contribution < 1.29 is 27.1 Å². The van der Waals surface area contributed by atoms with Gasteiger partial charge in [0.15, 0.2) is 0 Å². The van der Waals surface area contributed by atoms with Crippen molar-refractivity contribution in [2.24, 2.45) is 0 Å². The van der Waals surface area contributed by atoms with Crippen LogP contribution in [0.25, 0.3) is 0 Å². The quantitative estimate of drug-likeness (QED) is 0.822. The Morgan fingerprint density at radius 1 is 1.28 bits per heavy atom. The second kappa shape index (κ2) is 6.91. The van der Waals surface area contributed by atoms with E-state index in [9.17, 15) is 22.4 Å². The van der Waals surface area contributed by atoms with E-state index < -0.39 is 23.5 Å². The molecule has 1 aromatic carbocycles. The van der Waals surface area contributed by atoms with Gasteiger partial charge in [0.25, 0.3) is 5.91 Å². The number of carbonyl (C=O) groups excluding carboxylic acids is 1. The zero-order valence-electron chi connectivity index (χ0n) is 13.5. The molecular weight excluding hydrogens is 344 g/mol.